The number of aromatic nitrogens is 1. The Morgan fingerprint density at radius 2 is 2.27 bits per heavy atom. The quantitative estimate of drug-likeness (QED) is 0.751. The molecule has 3 heterocycles. The number of fused-ring (bicyclic) bond motifs is 3. The lowest BCUT2D eigenvalue weighted by Gasteiger charge is -2.45. The molecule has 3 nitrogen and oxygen atoms in total. The van der Waals surface area contributed by atoms with E-state index < -0.39 is 0 Å². The molecule has 82 valence electrons. The Hall–Kier alpha value is -0.800. The van der Waals surface area contributed by atoms with Gasteiger partial charge in [0.15, 0.2) is 0 Å². The van der Waals surface area contributed by atoms with Gasteiger partial charge >= 0.3 is 0 Å². The van der Waals surface area contributed by atoms with E-state index in [-0.39, 0.29) is 0 Å². The molecule has 0 spiro atoms. The standard InChI is InChI=1S/C12H19N3/c13-9-10-3-1-4-12-11-5-2-6-14(11)7-8-15(10)12/h2,5-6,10,12H,1,3-4,7-9,13H2/t10-,12+/m0/s1. The van der Waals surface area contributed by atoms with Gasteiger partial charge in [-0.05, 0) is 31.4 Å². The van der Waals surface area contributed by atoms with Crippen LogP contribution in [0.1, 0.15) is 31.0 Å². The molecular weight excluding hydrogens is 186 g/mol. The van der Waals surface area contributed by atoms with Crippen molar-refractivity contribution in [3.63, 3.8) is 0 Å². The van der Waals surface area contributed by atoms with Gasteiger partial charge in [-0.2, -0.15) is 0 Å². The molecule has 0 aliphatic carbocycles. The maximum atomic E-state index is 5.86. The van der Waals surface area contributed by atoms with Crippen LogP contribution in [-0.4, -0.2) is 28.6 Å². The van der Waals surface area contributed by atoms with E-state index in [2.05, 4.69) is 27.8 Å². The summed E-state index contributed by atoms with van der Waals surface area (Å²) in [6.07, 6.45) is 6.13. The number of hydrogen-bond donors (Lipinski definition) is 1. The van der Waals surface area contributed by atoms with Crippen molar-refractivity contribution in [2.24, 2.45) is 5.73 Å². The molecule has 2 atom stereocenters. The lowest BCUT2D eigenvalue weighted by Crippen LogP contribution is -2.49. The van der Waals surface area contributed by atoms with Crippen molar-refractivity contribution in [3.05, 3.63) is 24.0 Å². The molecule has 1 aromatic rings. The second-order valence-electron chi connectivity index (χ2n) is 4.70. The first-order valence-corrected chi connectivity index (χ1v) is 6.01. The number of nitrogens with zero attached hydrogens (tertiary/aromatic N) is 2. The van der Waals surface area contributed by atoms with Gasteiger partial charge in [0.1, 0.15) is 0 Å². The fourth-order valence-electron chi connectivity index (χ4n) is 3.20. The summed E-state index contributed by atoms with van der Waals surface area (Å²) in [5, 5.41) is 0. The molecule has 0 radical (unpaired) electrons. The van der Waals surface area contributed by atoms with E-state index in [0.29, 0.717) is 12.1 Å². The highest BCUT2D eigenvalue weighted by Gasteiger charge is 2.34. The normalized spacial score (nSPS) is 31.0. The van der Waals surface area contributed by atoms with Crippen molar-refractivity contribution < 1.29 is 0 Å². The second kappa shape index (κ2) is 3.65. The lowest BCUT2D eigenvalue weighted by atomic mass is 9.92. The fraction of sp³-hybridized carbons (Fsp3) is 0.667. The van der Waals surface area contributed by atoms with Crippen molar-refractivity contribution in [1.29, 1.82) is 0 Å². The van der Waals surface area contributed by atoms with Crippen LogP contribution in [0.2, 0.25) is 0 Å². The molecule has 0 saturated carbocycles. The molecular formula is C12H19N3. The van der Waals surface area contributed by atoms with Crippen molar-refractivity contribution >= 4 is 0 Å². The summed E-state index contributed by atoms with van der Waals surface area (Å²) in [6.45, 7) is 3.13. The minimum atomic E-state index is 0.618. The molecule has 1 saturated heterocycles. The third-order valence-corrected chi connectivity index (χ3v) is 3.96. The molecule has 2 N–H and O–H groups in total. The summed E-state index contributed by atoms with van der Waals surface area (Å²) in [5.74, 6) is 0. The van der Waals surface area contributed by atoms with Gasteiger partial charge in [-0.25, -0.2) is 0 Å². The molecule has 0 unspecified atom stereocenters. The minimum absolute atomic E-state index is 0.618. The Morgan fingerprint density at radius 3 is 3.13 bits per heavy atom. The van der Waals surface area contributed by atoms with Gasteiger partial charge in [0.25, 0.3) is 0 Å². The summed E-state index contributed by atoms with van der Waals surface area (Å²) in [5.41, 5.74) is 7.36. The molecule has 0 aromatic carbocycles. The maximum absolute atomic E-state index is 5.86. The van der Waals surface area contributed by atoms with Gasteiger partial charge in [0.2, 0.25) is 0 Å². The summed E-state index contributed by atoms with van der Waals surface area (Å²) < 4.78 is 2.40. The van der Waals surface area contributed by atoms with E-state index in [0.717, 1.165) is 13.1 Å². The number of nitrogens with two attached hydrogens (primary N) is 1. The average Bonchev–Trinajstić information content (AvgIpc) is 2.76. The number of piperidine rings is 1. The van der Waals surface area contributed by atoms with E-state index >= 15 is 0 Å². The van der Waals surface area contributed by atoms with Crippen LogP contribution in [0.3, 0.4) is 0 Å². The van der Waals surface area contributed by atoms with Crippen LogP contribution < -0.4 is 5.73 Å². The molecule has 0 amide bonds. The zero-order valence-electron chi connectivity index (χ0n) is 9.10. The van der Waals surface area contributed by atoms with Crippen LogP contribution in [0.25, 0.3) is 0 Å². The van der Waals surface area contributed by atoms with Gasteiger partial charge in [0.05, 0.1) is 6.04 Å². The third-order valence-electron chi connectivity index (χ3n) is 3.96. The van der Waals surface area contributed by atoms with Gasteiger partial charge < -0.3 is 10.3 Å². The molecule has 2 aliphatic heterocycles. The summed E-state index contributed by atoms with van der Waals surface area (Å²) >= 11 is 0. The molecule has 2 aliphatic rings. The Morgan fingerprint density at radius 1 is 1.33 bits per heavy atom. The highest BCUT2D eigenvalue weighted by molar-refractivity contribution is 5.16. The zero-order valence-corrected chi connectivity index (χ0v) is 9.10. The first kappa shape index (κ1) is 9.43. The first-order valence-electron chi connectivity index (χ1n) is 6.01. The van der Waals surface area contributed by atoms with Gasteiger partial charge in [-0.15, -0.1) is 0 Å². The van der Waals surface area contributed by atoms with E-state index in [1.807, 2.05) is 0 Å². The predicted octanol–water partition coefficient (Wildman–Crippen LogP) is 1.36. The van der Waals surface area contributed by atoms with E-state index in [1.165, 1.54) is 31.5 Å². The highest BCUT2D eigenvalue weighted by Crippen LogP contribution is 2.36. The lowest BCUT2D eigenvalue weighted by molar-refractivity contribution is 0.0610. The van der Waals surface area contributed by atoms with Crippen LogP contribution in [0.15, 0.2) is 18.3 Å². The van der Waals surface area contributed by atoms with Gasteiger partial charge in [-0.3, -0.25) is 4.90 Å². The highest BCUT2D eigenvalue weighted by atomic mass is 15.3. The van der Waals surface area contributed by atoms with Crippen LogP contribution in [0, 0.1) is 0 Å². The van der Waals surface area contributed by atoms with Crippen LogP contribution in [-0.2, 0) is 6.54 Å². The van der Waals surface area contributed by atoms with Crippen LogP contribution in [0.4, 0.5) is 0 Å². The van der Waals surface area contributed by atoms with E-state index in [9.17, 15) is 0 Å². The molecule has 3 rings (SSSR count). The molecule has 1 fully saturated rings. The Kier molecular flexibility index (Phi) is 2.29. The Bertz CT molecular complexity index is 344. The number of rotatable bonds is 1. The molecule has 0 bridgehead atoms. The Labute approximate surface area is 90.9 Å². The maximum Gasteiger partial charge on any atom is 0.0504 e. The van der Waals surface area contributed by atoms with Crippen LogP contribution >= 0.6 is 0 Å². The average molecular weight is 205 g/mol. The zero-order chi connectivity index (χ0) is 10.3. The topological polar surface area (TPSA) is 34.2 Å². The minimum Gasteiger partial charge on any atom is -0.349 e. The summed E-state index contributed by atoms with van der Waals surface area (Å²) in [6, 6.07) is 5.70. The van der Waals surface area contributed by atoms with Crippen LogP contribution in [0.5, 0.6) is 0 Å². The largest absolute Gasteiger partial charge is 0.349 e. The predicted molar refractivity (Wildman–Crippen MR) is 60.6 cm³/mol. The Balaban J connectivity index is 1.92. The smallest absolute Gasteiger partial charge is 0.0504 e. The van der Waals surface area contributed by atoms with Crippen molar-refractivity contribution in [1.82, 2.24) is 9.47 Å². The van der Waals surface area contributed by atoms with Crippen molar-refractivity contribution in [3.8, 4) is 0 Å². The van der Waals surface area contributed by atoms with Gasteiger partial charge in [0, 0.05) is 37.6 Å². The molecule has 1 aromatic heterocycles. The molecule has 15 heavy (non-hydrogen) atoms. The van der Waals surface area contributed by atoms with Gasteiger partial charge in [-0.1, -0.05) is 0 Å². The van der Waals surface area contributed by atoms with Crippen molar-refractivity contribution in [2.75, 3.05) is 13.1 Å². The molecule has 3 heteroatoms. The second-order valence-corrected chi connectivity index (χ2v) is 4.70. The van der Waals surface area contributed by atoms with E-state index in [1.54, 1.807) is 0 Å². The summed E-state index contributed by atoms with van der Waals surface area (Å²) in [7, 11) is 0. The number of hydrogen-bond acceptors (Lipinski definition) is 2. The first-order chi connectivity index (χ1) is 7.40. The monoisotopic (exact) mass is 205 g/mol. The fourth-order valence-corrected chi connectivity index (χ4v) is 3.20. The summed E-state index contributed by atoms with van der Waals surface area (Å²) in [4.78, 5) is 2.62. The third kappa shape index (κ3) is 1.42. The van der Waals surface area contributed by atoms with E-state index in [4.69, 9.17) is 5.73 Å². The SMILES string of the molecule is NC[C@@H]1CCC[C@@H]2c3cccn3CCN12. The van der Waals surface area contributed by atoms with Crippen molar-refractivity contribution in [2.45, 2.75) is 37.9 Å².